The zero-order valence-corrected chi connectivity index (χ0v) is 16.9. The van der Waals surface area contributed by atoms with Crippen LogP contribution < -0.4 is 5.69 Å². The number of nitrogens with zero attached hydrogens (tertiary/aromatic N) is 3. The van der Waals surface area contributed by atoms with Gasteiger partial charge in [0.25, 0.3) is 0 Å². The van der Waals surface area contributed by atoms with Crippen LogP contribution in [-0.4, -0.2) is 38.7 Å². The van der Waals surface area contributed by atoms with E-state index in [2.05, 4.69) is 10.2 Å². The topological polar surface area (TPSA) is 71.0 Å². The Morgan fingerprint density at radius 3 is 2.52 bits per heavy atom. The van der Waals surface area contributed by atoms with Crippen LogP contribution in [0.4, 0.5) is 8.78 Å². The minimum Gasteiger partial charge on any atom is -0.342 e. The molecule has 0 spiro atoms. The number of amides is 1. The summed E-state index contributed by atoms with van der Waals surface area (Å²) < 4.78 is 29.6. The lowest BCUT2D eigenvalue weighted by molar-refractivity contribution is -0.131. The van der Waals surface area contributed by atoms with Crippen molar-refractivity contribution >= 4 is 5.91 Å². The number of nitrogens with one attached hydrogen (secondary N) is 1. The molecular weight excluding hydrogens is 402 g/mol. The molecule has 2 aromatic carbocycles. The van der Waals surface area contributed by atoms with E-state index in [1.54, 1.807) is 24.3 Å². The third kappa shape index (κ3) is 3.89. The Labute approximate surface area is 177 Å². The quantitative estimate of drug-likeness (QED) is 0.682. The van der Waals surface area contributed by atoms with Gasteiger partial charge in [-0.3, -0.25) is 9.36 Å². The van der Waals surface area contributed by atoms with Gasteiger partial charge in [0.15, 0.2) is 5.82 Å². The predicted molar refractivity (Wildman–Crippen MR) is 111 cm³/mol. The van der Waals surface area contributed by atoms with Crippen molar-refractivity contribution in [2.75, 3.05) is 13.1 Å². The van der Waals surface area contributed by atoms with Gasteiger partial charge in [0.05, 0.1) is 5.56 Å². The summed E-state index contributed by atoms with van der Waals surface area (Å²) in [6.45, 7) is 1.68. The number of aromatic nitrogens is 3. The number of carbonyl (C=O) groups is 1. The van der Waals surface area contributed by atoms with Gasteiger partial charge in [-0.15, -0.1) is 0 Å². The van der Waals surface area contributed by atoms with Gasteiger partial charge in [-0.2, -0.15) is 5.10 Å². The number of H-pyrrole nitrogens is 1. The van der Waals surface area contributed by atoms with Gasteiger partial charge in [-0.25, -0.2) is 18.7 Å². The van der Waals surface area contributed by atoms with Crippen molar-refractivity contribution in [3.8, 4) is 22.5 Å². The standard InChI is InChI=1S/C23H22F2N4O2/c24-18-6-3-15(4-7-18)17-5-8-19(20(25)11-17)21-26-27-23(31)29(21)13-14-9-10-28(12-14)22(30)16-1-2-16/h3-8,11,14,16H,1-2,9-10,12-13H2,(H,27,31). The molecule has 1 aliphatic heterocycles. The minimum absolute atomic E-state index is 0.123. The largest absolute Gasteiger partial charge is 0.343 e. The Morgan fingerprint density at radius 1 is 1.06 bits per heavy atom. The van der Waals surface area contributed by atoms with Gasteiger partial charge >= 0.3 is 5.69 Å². The highest BCUT2D eigenvalue weighted by molar-refractivity contribution is 5.81. The molecule has 1 aliphatic carbocycles. The summed E-state index contributed by atoms with van der Waals surface area (Å²) >= 11 is 0. The van der Waals surface area contributed by atoms with E-state index < -0.39 is 11.5 Å². The van der Waals surface area contributed by atoms with Gasteiger partial charge in [-0.05, 0) is 60.6 Å². The number of rotatable bonds is 5. The SMILES string of the molecule is O=C(C1CC1)N1CCC(Cn2c(-c3ccc(-c4ccc(F)cc4)cc3F)n[nH]c2=O)C1. The van der Waals surface area contributed by atoms with Crippen LogP contribution >= 0.6 is 0 Å². The molecule has 0 bridgehead atoms. The van der Waals surface area contributed by atoms with Crippen LogP contribution in [0.3, 0.4) is 0 Å². The normalized spacial score (nSPS) is 18.5. The number of hydrogen-bond acceptors (Lipinski definition) is 3. The van der Waals surface area contributed by atoms with Crippen LogP contribution in [0, 0.1) is 23.5 Å². The Hall–Kier alpha value is -3.29. The predicted octanol–water partition coefficient (Wildman–Crippen LogP) is 3.44. The van der Waals surface area contributed by atoms with Crippen LogP contribution in [0.1, 0.15) is 19.3 Å². The molecule has 2 fully saturated rings. The van der Waals surface area contributed by atoms with E-state index in [0.717, 1.165) is 19.3 Å². The van der Waals surface area contributed by atoms with Crippen LogP contribution in [-0.2, 0) is 11.3 Å². The van der Waals surface area contributed by atoms with E-state index in [4.69, 9.17) is 0 Å². The fourth-order valence-electron chi connectivity index (χ4n) is 4.24. The maximum atomic E-state index is 15.0. The first kappa shape index (κ1) is 19.7. The van der Waals surface area contributed by atoms with Crippen molar-refractivity contribution in [1.29, 1.82) is 0 Å². The molecule has 160 valence electrons. The maximum Gasteiger partial charge on any atom is 0.343 e. The minimum atomic E-state index is -0.515. The average molecular weight is 424 g/mol. The number of hydrogen-bond donors (Lipinski definition) is 1. The second-order valence-electron chi connectivity index (χ2n) is 8.38. The zero-order valence-electron chi connectivity index (χ0n) is 16.9. The maximum absolute atomic E-state index is 15.0. The molecule has 1 atom stereocenters. The van der Waals surface area contributed by atoms with Gasteiger partial charge < -0.3 is 4.90 Å². The number of halogens is 2. The monoisotopic (exact) mass is 424 g/mol. The Morgan fingerprint density at radius 2 is 1.81 bits per heavy atom. The summed E-state index contributed by atoms with van der Waals surface area (Å²) in [5, 5.41) is 6.47. The molecular formula is C23H22F2N4O2. The number of aromatic amines is 1. The molecule has 1 amide bonds. The Balaban J connectivity index is 1.37. The molecule has 31 heavy (non-hydrogen) atoms. The summed E-state index contributed by atoms with van der Waals surface area (Å²) in [7, 11) is 0. The summed E-state index contributed by atoms with van der Waals surface area (Å²) in [6, 6.07) is 10.5. The fraction of sp³-hybridized carbons (Fsp3) is 0.348. The van der Waals surface area contributed by atoms with Crippen LogP contribution in [0.2, 0.25) is 0 Å². The first-order chi connectivity index (χ1) is 15.0. The third-order valence-corrected chi connectivity index (χ3v) is 6.11. The number of benzene rings is 2. The molecule has 6 nitrogen and oxygen atoms in total. The van der Waals surface area contributed by atoms with Crippen molar-refractivity contribution < 1.29 is 13.6 Å². The molecule has 5 rings (SSSR count). The molecule has 2 heterocycles. The fourth-order valence-corrected chi connectivity index (χ4v) is 4.24. The summed E-state index contributed by atoms with van der Waals surface area (Å²) in [5.74, 6) is -0.118. The second-order valence-corrected chi connectivity index (χ2v) is 8.38. The van der Waals surface area contributed by atoms with Crippen LogP contribution in [0.15, 0.2) is 47.3 Å². The smallest absolute Gasteiger partial charge is 0.342 e. The molecule has 1 unspecified atom stereocenters. The first-order valence-corrected chi connectivity index (χ1v) is 10.5. The van der Waals surface area contributed by atoms with Crippen molar-refractivity contribution in [3.63, 3.8) is 0 Å². The van der Waals surface area contributed by atoms with Crippen molar-refractivity contribution in [3.05, 3.63) is 64.6 Å². The van der Waals surface area contributed by atoms with E-state index in [1.807, 2.05) is 4.90 Å². The molecule has 1 saturated carbocycles. The average Bonchev–Trinajstić information content (AvgIpc) is 3.42. The molecule has 8 heteroatoms. The van der Waals surface area contributed by atoms with E-state index in [-0.39, 0.29) is 34.9 Å². The van der Waals surface area contributed by atoms with Gasteiger partial charge in [0.2, 0.25) is 5.91 Å². The van der Waals surface area contributed by atoms with Gasteiger partial charge in [0.1, 0.15) is 11.6 Å². The van der Waals surface area contributed by atoms with E-state index in [1.165, 1.54) is 22.8 Å². The molecule has 1 N–H and O–H groups in total. The zero-order chi connectivity index (χ0) is 21.5. The van der Waals surface area contributed by atoms with Crippen molar-refractivity contribution in [2.45, 2.75) is 25.8 Å². The Kier molecular flexibility index (Phi) is 4.92. The van der Waals surface area contributed by atoms with E-state index >= 15 is 0 Å². The van der Waals surface area contributed by atoms with Gasteiger partial charge in [0, 0.05) is 25.6 Å². The lowest BCUT2D eigenvalue weighted by Gasteiger charge is -2.16. The molecule has 1 saturated heterocycles. The van der Waals surface area contributed by atoms with Crippen molar-refractivity contribution in [2.24, 2.45) is 11.8 Å². The molecule has 0 radical (unpaired) electrons. The summed E-state index contributed by atoms with van der Waals surface area (Å²) in [6.07, 6.45) is 2.75. The highest BCUT2D eigenvalue weighted by Crippen LogP contribution is 2.33. The first-order valence-electron chi connectivity index (χ1n) is 10.5. The number of likely N-dealkylation sites (tertiary alicyclic amines) is 1. The molecule has 3 aromatic rings. The Bertz CT molecular complexity index is 1180. The highest BCUT2D eigenvalue weighted by Gasteiger charge is 2.36. The van der Waals surface area contributed by atoms with Crippen LogP contribution in [0.5, 0.6) is 0 Å². The molecule has 1 aromatic heterocycles. The molecule has 2 aliphatic rings. The highest BCUT2D eigenvalue weighted by atomic mass is 19.1. The van der Waals surface area contributed by atoms with Gasteiger partial charge in [-0.1, -0.05) is 18.2 Å². The lowest BCUT2D eigenvalue weighted by atomic mass is 10.0. The lowest BCUT2D eigenvalue weighted by Crippen LogP contribution is -2.31. The van der Waals surface area contributed by atoms with Crippen LogP contribution in [0.25, 0.3) is 22.5 Å². The second kappa shape index (κ2) is 7.76. The van der Waals surface area contributed by atoms with E-state index in [9.17, 15) is 18.4 Å². The number of carbonyl (C=O) groups excluding carboxylic acids is 1. The summed E-state index contributed by atoms with van der Waals surface area (Å²) in [4.78, 5) is 26.5. The van der Waals surface area contributed by atoms with E-state index in [0.29, 0.717) is 30.8 Å². The summed E-state index contributed by atoms with van der Waals surface area (Å²) in [5.41, 5.74) is 1.12. The van der Waals surface area contributed by atoms with Crippen molar-refractivity contribution in [1.82, 2.24) is 19.7 Å². The third-order valence-electron chi connectivity index (χ3n) is 6.11.